The summed E-state index contributed by atoms with van der Waals surface area (Å²) < 4.78 is 10.4. The number of para-hydroxylation sites is 1. The van der Waals surface area contributed by atoms with Crippen molar-refractivity contribution in [3.63, 3.8) is 0 Å². The van der Waals surface area contributed by atoms with Crippen LogP contribution in [-0.2, 0) is 0 Å². The van der Waals surface area contributed by atoms with Gasteiger partial charge in [-0.1, -0.05) is 12.1 Å². The Hall–Kier alpha value is -2.56. The van der Waals surface area contributed by atoms with Gasteiger partial charge in [0.25, 0.3) is 5.69 Å². The van der Waals surface area contributed by atoms with Crippen molar-refractivity contribution in [1.29, 1.82) is 0 Å². The van der Waals surface area contributed by atoms with E-state index < -0.39 is 4.92 Å². The molecule has 0 saturated carbocycles. The van der Waals surface area contributed by atoms with E-state index in [0.717, 1.165) is 0 Å². The smallest absolute Gasteiger partial charge is 0.277 e. The van der Waals surface area contributed by atoms with Crippen LogP contribution in [0.2, 0.25) is 0 Å². The number of hydrogen-bond acceptors (Lipinski definition) is 4. The highest BCUT2D eigenvalue weighted by Gasteiger charge is 2.18. The van der Waals surface area contributed by atoms with Gasteiger partial charge in [-0.15, -0.1) is 0 Å². The number of hydrogen-bond donors (Lipinski definition) is 0. The first-order valence-corrected chi connectivity index (χ1v) is 5.63. The molecule has 0 aliphatic carbocycles. The van der Waals surface area contributed by atoms with E-state index in [1.54, 1.807) is 43.5 Å². The maximum absolute atomic E-state index is 11.1. The minimum absolute atomic E-state index is 0.0362. The largest absolute Gasteiger partial charge is 0.497 e. The molecule has 98 valence electrons. The molecule has 0 aromatic heterocycles. The van der Waals surface area contributed by atoms with Crippen molar-refractivity contribution in [2.45, 2.75) is 0 Å². The van der Waals surface area contributed by atoms with Gasteiger partial charge in [0.2, 0.25) is 0 Å². The number of rotatable bonds is 4. The fraction of sp³-hybridized carbons (Fsp3) is 0.143. The number of ether oxygens (including phenoxy) is 2. The lowest BCUT2D eigenvalue weighted by molar-refractivity contribution is -0.384. The average molecular weight is 259 g/mol. The molecule has 2 aromatic rings. The van der Waals surface area contributed by atoms with E-state index in [2.05, 4.69) is 0 Å². The summed E-state index contributed by atoms with van der Waals surface area (Å²) in [5.41, 5.74) is 1.17. The summed E-state index contributed by atoms with van der Waals surface area (Å²) in [6.45, 7) is 0. The minimum atomic E-state index is -0.408. The first-order chi connectivity index (χ1) is 9.17. The lowest BCUT2D eigenvalue weighted by atomic mass is 10.0. The average Bonchev–Trinajstić information content (AvgIpc) is 2.46. The van der Waals surface area contributed by atoms with E-state index in [1.165, 1.54) is 13.2 Å². The third-order valence-electron chi connectivity index (χ3n) is 2.80. The van der Waals surface area contributed by atoms with Gasteiger partial charge in [0.05, 0.1) is 24.7 Å². The molecule has 0 fully saturated rings. The normalized spacial score (nSPS) is 10.0. The van der Waals surface area contributed by atoms with Gasteiger partial charge in [0.1, 0.15) is 11.5 Å². The molecule has 0 saturated heterocycles. The van der Waals surface area contributed by atoms with E-state index in [1.807, 2.05) is 0 Å². The van der Waals surface area contributed by atoms with E-state index in [0.29, 0.717) is 22.6 Å². The summed E-state index contributed by atoms with van der Waals surface area (Å²) >= 11 is 0. The Morgan fingerprint density at radius 2 is 1.74 bits per heavy atom. The summed E-state index contributed by atoms with van der Waals surface area (Å²) in [5.74, 6) is 1.18. The molecule has 2 rings (SSSR count). The molecule has 19 heavy (non-hydrogen) atoms. The van der Waals surface area contributed by atoms with E-state index in [-0.39, 0.29) is 5.69 Å². The van der Waals surface area contributed by atoms with Crippen LogP contribution in [0.5, 0.6) is 11.5 Å². The van der Waals surface area contributed by atoms with Crippen molar-refractivity contribution in [3.8, 4) is 22.6 Å². The quantitative estimate of drug-likeness (QED) is 0.624. The monoisotopic (exact) mass is 259 g/mol. The molecule has 2 aromatic carbocycles. The molecule has 0 aliphatic rings. The minimum Gasteiger partial charge on any atom is -0.497 e. The number of nitrogens with zero attached hydrogens (tertiary/aromatic N) is 1. The third-order valence-corrected chi connectivity index (χ3v) is 2.80. The molecule has 0 bridgehead atoms. The van der Waals surface area contributed by atoms with Gasteiger partial charge >= 0.3 is 0 Å². The third kappa shape index (κ3) is 2.49. The molecule has 5 heteroatoms. The van der Waals surface area contributed by atoms with Crippen LogP contribution in [0.15, 0.2) is 42.5 Å². The Bertz CT molecular complexity index is 610. The highest BCUT2D eigenvalue weighted by Crippen LogP contribution is 2.38. The molecule has 0 spiro atoms. The van der Waals surface area contributed by atoms with Crippen molar-refractivity contribution in [1.82, 2.24) is 0 Å². The second-order valence-corrected chi connectivity index (χ2v) is 3.84. The molecular formula is C14H13NO4. The van der Waals surface area contributed by atoms with Gasteiger partial charge in [-0.05, 0) is 24.3 Å². The SMILES string of the molecule is COc1ccc(OC)c(-c2ccccc2[N+](=O)[O-])c1. The van der Waals surface area contributed by atoms with Crippen LogP contribution in [-0.4, -0.2) is 19.1 Å². The van der Waals surface area contributed by atoms with Gasteiger partial charge in [-0.2, -0.15) is 0 Å². The zero-order chi connectivity index (χ0) is 13.8. The number of nitro benzene ring substituents is 1. The van der Waals surface area contributed by atoms with E-state index in [9.17, 15) is 10.1 Å². The predicted molar refractivity (Wildman–Crippen MR) is 71.6 cm³/mol. The Morgan fingerprint density at radius 3 is 2.37 bits per heavy atom. The van der Waals surface area contributed by atoms with Crippen LogP contribution in [0.25, 0.3) is 11.1 Å². The fourth-order valence-corrected chi connectivity index (χ4v) is 1.89. The Balaban J connectivity index is 2.66. The summed E-state index contributed by atoms with van der Waals surface area (Å²) in [4.78, 5) is 10.7. The molecule has 0 radical (unpaired) electrons. The van der Waals surface area contributed by atoms with Crippen LogP contribution < -0.4 is 9.47 Å². The summed E-state index contributed by atoms with van der Waals surface area (Å²) in [5, 5.41) is 11.1. The van der Waals surface area contributed by atoms with Gasteiger partial charge < -0.3 is 9.47 Å². The summed E-state index contributed by atoms with van der Waals surface area (Å²) in [6, 6.07) is 11.7. The Labute approximate surface area is 110 Å². The first-order valence-electron chi connectivity index (χ1n) is 5.63. The van der Waals surface area contributed by atoms with Gasteiger partial charge in [0.15, 0.2) is 0 Å². The second kappa shape index (κ2) is 5.39. The van der Waals surface area contributed by atoms with Crippen molar-refractivity contribution in [2.75, 3.05) is 14.2 Å². The highest BCUT2D eigenvalue weighted by molar-refractivity contribution is 5.79. The lowest BCUT2D eigenvalue weighted by Crippen LogP contribution is -1.94. The Morgan fingerprint density at radius 1 is 1.00 bits per heavy atom. The van der Waals surface area contributed by atoms with Crippen LogP contribution in [0.1, 0.15) is 0 Å². The second-order valence-electron chi connectivity index (χ2n) is 3.84. The van der Waals surface area contributed by atoms with Crippen molar-refractivity contribution in [3.05, 3.63) is 52.6 Å². The van der Waals surface area contributed by atoms with E-state index >= 15 is 0 Å². The van der Waals surface area contributed by atoms with E-state index in [4.69, 9.17) is 9.47 Å². The fourth-order valence-electron chi connectivity index (χ4n) is 1.89. The van der Waals surface area contributed by atoms with Gasteiger partial charge in [0, 0.05) is 11.6 Å². The van der Waals surface area contributed by atoms with Crippen LogP contribution in [0, 0.1) is 10.1 Å². The summed E-state index contributed by atoms with van der Waals surface area (Å²) in [6.07, 6.45) is 0. The lowest BCUT2D eigenvalue weighted by Gasteiger charge is -2.10. The van der Waals surface area contributed by atoms with Crippen molar-refractivity contribution in [2.24, 2.45) is 0 Å². The predicted octanol–water partition coefficient (Wildman–Crippen LogP) is 3.28. The zero-order valence-electron chi connectivity index (χ0n) is 10.6. The highest BCUT2D eigenvalue weighted by atomic mass is 16.6. The van der Waals surface area contributed by atoms with Crippen LogP contribution in [0.4, 0.5) is 5.69 Å². The van der Waals surface area contributed by atoms with Gasteiger partial charge in [-0.3, -0.25) is 10.1 Å². The summed E-state index contributed by atoms with van der Waals surface area (Å²) in [7, 11) is 3.07. The molecule has 0 unspecified atom stereocenters. The topological polar surface area (TPSA) is 61.6 Å². The number of benzene rings is 2. The molecular weight excluding hydrogens is 246 g/mol. The van der Waals surface area contributed by atoms with Crippen molar-refractivity contribution >= 4 is 5.69 Å². The molecule has 0 N–H and O–H groups in total. The first kappa shape index (κ1) is 12.9. The molecule has 0 amide bonds. The zero-order valence-corrected chi connectivity index (χ0v) is 10.6. The van der Waals surface area contributed by atoms with Gasteiger partial charge in [-0.25, -0.2) is 0 Å². The maximum atomic E-state index is 11.1. The molecule has 0 atom stereocenters. The van der Waals surface area contributed by atoms with Crippen LogP contribution >= 0.6 is 0 Å². The van der Waals surface area contributed by atoms with Crippen molar-refractivity contribution < 1.29 is 14.4 Å². The number of methoxy groups -OCH3 is 2. The molecule has 5 nitrogen and oxygen atoms in total. The Kier molecular flexibility index (Phi) is 3.66. The van der Waals surface area contributed by atoms with Crippen LogP contribution in [0.3, 0.4) is 0 Å². The maximum Gasteiger partial charge on any atom is 0.277 e. The standard InChI is InChI=1S/C14H13NO4/c1-18-10-7-8-14(19-2)12(9-10)11-5-3-4-6-13(11)15(16)17/h3-9H,1-2H3. The molecule has 0 aliphatic heterocycles. The molecule has 0 heterocycles. The number of nitro groups is 1.